The first-order valence-electron chi connectivity index (χ1n) is 8.49. The number of carbonyl (C=O) groups excluding carboxylic acids is 1. The molecule has 0 aromatic rings. The monoisotopic (exact) mass is 297 g/mol. The molecule has 0 saturated heterocycles. The molecule has 0 amide bonds. The smallest absolute Gasteiger partial charge is 0.133 e. The summed E-state index contributed by atoms with van der Waals surface area (Å²) in [5.41, 5.74) is 1.69. The Kier molecular flexibility index (Phi) is 11.8. The van der Waals surface area contributed by atoms with Crippen molar-refractivity contribution < 1.29 is 4.79 Å². The molecule has 126 valence electrons. The molecule has 1 aliphatic rings. The Morgan fingerprint density at radius 1 is 1.14 bits per heavy atom. The predicted octanol–water partition coefficient (Wildman–Crippen LogP) is 6.42. The van der Waals surface area contributed by atoms with E-state index in [2.05, 4.69) is 41.5 Å². The molecular weight excluding hydrogens is 258 g/mol. The Hall–Kier alpha value is -0.660. The summed E-state index contributed by atoms with van der Waals surface area (Å²) in [5, 5.41) is 6.89. The molecule has 1 fully saturated rings. The Morgan fingerprint density at radius 2 is 1.57 bits per heavy atom. The maximum Gasteiger partial charge on any atom is 0.133 e. The summed E-state index contributed by atoms with van der Waals surface area (Å²) in [7, 11) is 0. The van der Waals surface area contributed by atoms with Gasteiger partial charge in [0.2, 0.25) is 0 Å². The largest absolute Gasteiger partial charge is 0.310 e. The summed E-state index contributed by atoms with van der Waals surface area (Å²) in [4.78, 5) is 10.8. The van der Waals surface area contributed by atoms with Crippen LogP contribution in [0.3, 0.4) is 0 Å². The van der Waals surface area contributed by atoms with Gasteiger partial charge in [0.15, 0.2) is 0 Å². The van der Waals surface area contributed by atoms with Crippen LogP contribution >= 0.6 is 0 Å². The Morgan fingerprint density at radius 3 is 1.62 bits per heavy atom. The molecule has 2 nitrogen and oxygen atoms in total. The maximum absolute atomic E-state index is 10.8. The lowest BCUT2D eigenvalue weighted by Crippen LogP contribution is -2.20. The van der Waals surface area contributed by atoms with Crippen LogP contribution in [0.5, 0.6) is 0 Å². The van der Waals surface area contributed by atoms with E-state index in [-0.39, 0.29) is 5.41 Å². The number of ketones is 1. The molecule has 2 heteroatoms. The van der Waals surface area contributed by atoms with Gasteiger partial charge in [-0.1, -0.05) is 61.3 Å². The highest BCUT2D eigenvalue weighted by Gasteiger charge is 2.25. The zero-order valence-corrected chi connectivity index (χ0v) is 15.9. The molecule has 0 atom stereocenters. The second-order valence-electron chi connectivity index (χ2n) is 8.18. The highest BCUT2D eigenvalue weighted by atomic mass is 16.1. The normalized spacial score (nSPS) is 15.6. The summed E-state index contributed by atoms with van der Waals surface area (Å²) < 4.78 is 0. The molecule has 0 spiro atoms. The Bertz CT molecular complexity index is 291. The highest BCUT2D eigenvalue weighted by Crippen LogP contribution is 2.38. The molecule has 1 saturated carbocycles. The van der Waals surface area contributed by atoms with Crippen LogP contribution in [0.15, 0.2) is 0 Å². The highest BCUT2D eigenvalue weighted by molar-refractivity contribution is 5.78. The summed E-state index contributed by atoms with van der Waals surface area (Å²) in [6.45, 7) is 16.7. The summed E-state index contributed by atoms with van der Waals surface area (Å²) in [6, 6.07) is 0. The lowest BCUT2D eigenvalue weighted by atomic mass is 9.72. The molecule has 0 bridgehead atoms. The van der Waals surface area contributed by atoms with Crippen LogP contribution in [-0.4, -0.2) is 11.5 Å². The molecule has 21 heavy (non-hydrogen) atoms. The average Bonchev–Trinajstić information content (AvgIpc) is 2.26. The summed E-state index contributed by atoms with van der Waals surface area (Å²) >= 11 is 0. The first-order chi connectivity index (χ1) is 9.43. The van der Waals surface area contributed by atoms with Crippen molar-refractivity contribution in [2.45, 2.75) is 100 Å². The summed E-state index contributed by atoms with van der Waals surface area (Å²) in [6.07, 6.45) is 7.82. The molecule has 1 aliphatic carbocycles. The third kappa shape index (κ3) is 19.3. The maximum atomic E-state index is 10.8. The van der Waals surface area contributed by atoms with Gasteiger partial charge in [-0.2, -0.15) is 0 Å². The average molecular weight is 298 g/mol. The second kappa shape index (κ2) is 11.0. The van der Waals surface area contributed by atoms with Gasteiger partial charge < -0.3 is 5.41 Å². The fourth-order valence-electron chi connectivity index (χ4n) is 1.98. The minimum absolute atomic E-state index is 0.174. The van der Waals surface area contributed by atoms with Crippen LogP contribution in [0.25, 0.3) is 0 Å². The van der Waals surface area contributed by atoms with Gasteiger partial charge in [-0.25, -0.2) is 0 Å². The molecule has 1 N–H and O–H groups in total. The first-order valence-corrected chi connectivity index (χ1v) is 8.49. The molecule has 0 radical (unpaired) electrons. The van der Waals surface area contributed by atoms with E-state index in [1.807, 2.05) is 13.8 Å². The first kappa shape index (κ1) is 22.6. The number of hydrogen-bond donors (Lipinski definition) is 1. The van der Waals surface area contributed by atoms with Gasteiger partial charge in [0.05, 0.1) is 0 Å². The van der Waals surface area contributed by atoms with Crippen molar-refractivity contribution in [1.82, 2.24) is 0 Å². The topological polar surface area (TPSA) is 40.9 Å². The van der Waals surface area contributed by atoms with Crippen molar-refractivity contribution in [3.05, 3.63) is 0 Å². The number of Topliss-reactive ketones (excluding diaryl/α,β-unsaturated/α-hetero) is 1. The van der Waals surface area contributed by atoms with E-state index in [1.165, 1.54) is 19.3 Å². The van der Waals surface area contributed by atoms with Crippen molar-refractivity contribution >= 4 is 11.5 Å². The molecule has 1 rings (SSSR count). The van der Waals surface area contributed by atoms with Crippen LogP contribution in [0.2, 0.25) is 0 Å². The summed E-state index contributed by atoms with van der Waals surface area (Å²) in [5.74, 6) is 0.363. The predicted molar refractivity (Wildman–Crippen MR) is 95.3 cm³/mol. The fourth-order valence-corrected chi connectivity index (χ4v) is 1.98. The Labute approximate surface area is 133 Å². The third-order valence-electron chi connectivity index (χ3n) is 3.45. The number of carbonyl (C=O) groups is 1. The zero-order chi connectivity index (χ0) is 17.1. The van der Waals surface area contributed by atoms with E-state index >= 15 is 0 Å². The lowest BCUT2D eigenvalue weighted by molar-refractivity contribution is -0.120. The van der Waals surface area contributed by atoms with E-state index in [9.17, 15) is 4.79 Å². The van der Waals surface area contributed by atoms with Gasteiger partial charge >= 0.3 is 0 Å². The fraction of sp³-hybridized carbons (Fsp3) is 0.895. The van der Waals surface area contributed by atoms with Crippen LogP contribution < -0.4 is 0 Å². The zero-order valence-electron chi connectivity index (χ0n) is 15.9. The SMILES string of the molecule is CC1(C)CCC1.CCC(=O)CC(C)(C)C.CCCC(C)=N. The number of nitrogens with one attached hydrogen (secondary N) is 1. The quantitative estimate of drug-likeness (QED) is 0.597. The van der Waals surface area contributed by atoms with Crippen LogP contribution in [-0.2, 0) is 4.79 Å². The Balaban J connectivity index is 0. The van der Waals surface area contributed by atoms with Gasteiger partial charge in [0.25, 0.3) is 0 Å². The molecule has 0 aromatic carbocycles. The van der Waals surface area contributed by atoms with E-state index in [0.29, 0.717) is 18.6 Å². The van der Waals surface area contributed by atoms with Crippen molar-refractivity contribution in [3.63, 3.8) is 0 Å². The minimum Gasteiger partial charge on any atom is -0.310 e. The van der Waals surface area contributed by atoms with E-state index < -0.39 is 0 Å². The van der Waals surface area contributed by atoms with Crippen molar-refractivity contribution in [2.75, 3.05) is 0 Å². The van der Waals surface area contributed by atoms with Gasteiger partial charge in [-0.05, 0) is 37.0 Å². The third-order valence-corrected chi connectivity index (χ3v) is 3.45. The van der Waals surface area contributed by atoms with Gasteiger partial charge in [0.1, 0.15) is 5.78 Å². The molecule has 0 unspecified atom stereocenters. The lowest BCUT2D eigenvalue weighted by Gasteiger charge is -2.33. The standard InChI is InChI=1S/C8H16O.C6H12.C5H11N/c1-5-7(9)6-8(2,3)4;1-6(2)4-3-5-6;1-3-4-5(2)6/h5-6H2,1-4H3;3-5H2,1-2H3;6H,3-4H2,1-2H3. The molecule has 0 heterocycles. The van der Waals surface area contributed by atoms with Gasteiger partial charge in [-0.3, -0.25) is 4.79 Å². The van der Waals surface area contributed by atoms with Crippen molar-refractivity contribution in [3.8, 4) is 0 Å². The van der Waals surface area contributed by atoms with Crippen molar-refractivity contribution in [2.24, 2.45) is 10.8 Å². The minimum atomic E-state index is 0.174. The van der Waals surface area contributed by atoms with Crippen molar-refractivity contribution in [1.29, 1.82) is 5.41 Å². The van der Waals surface area contributed by atoms with Crippen LogP contribution in [0.1, 0.15) is 100 Å². The van der Waals surface area contributed by atoms with Gasteiger partial charge in [-0.15, -0.1) is 0 Å². The number of hydrogen-bond acceptors (Lipinski definition) is 2. The van der Waals surface area contributed by atoms with E-state index in [1.54, 1.807) is 0 Å². The van der Waals surface area contributed by atoms with E-state index in [4.69, 9.17) is 5.41 Å². The molecule has 0 aromatic heterocycles. The van der Waals surface area contributed by atoms with Crippen LogP contribution in [0, 0.1) is 16.2 Å². The molecular formula is C19H39NO. The van der Waals surface area contributed by atoms with E-state index in [0.717, 1.165) is 24.0 Å². The number of rotatable bonds is 4. The molecule has 0 aliphatic heterocycles. The second-order valence-corrected chi connectivity index (χ2v) is 8.18. The van der Waals surface area contributed by atoms with Crippen LogP contribution in [0.4, 0.5) is 0 Å². The van der Waals surface area contributed by atoms with Gasteiger partial charge in [0, 0.05) is 18.6 Å².